The first-order chi connectivity index (χ1) is 8.52. The van der Waals surface area contributed by atoms with Crippen LogP contribution in [0.2, 0.25) is 0 Å². The van der Waals surface area contributed by atoms with E-state index in [1.807, 2.05) is 0 Å². The van der Waals surface area contributed by atoms with E-state index < -0.39 is 11.7 Å². The first-order valence-corrected chi connectivity index (χ1v) is 7.27. The standard InChI is InChI=1S/C14H26F3N/c1-18-13(14(15,16)17)11-9-7-5-3-2-4-6-8-10-12-13/h18H,2-12H2,1H3. The summed E-state index contributed by atoms with van der Waals surface area (Å²) in [4.78, 5) is 0. The second kappa shape index (κ2) is 7.37. The zero-order chi connectivity index (χ0) is 13.5. The first kappa shape index (κ1) is 15.8. The number of nitrogens with one attached hydrogen (secondary N) is 1. The van der Waals surface area contributed by atoms with Crippen LogP contribution >= 0.6 is 0 Å². The summed E-state index contributed by atoms with van der Waals surface area (Å²) in [6.45, 7) is 0. The van der Waals surface area contributed by atoms with E-state index in [-0.39, 0.29) is 12.8 Å². The second-order valence-corrected chi connectivity index (χ2v) is 5.51. The van der Waals surface area contributed by atoms with Crippen LogP contribution in [0.4, 0.5) is 13.2 Å². The molecule has 1 saturated carbocycles. The Morgan fingerprint density at radius 3 is 1.33 bits per heavy atom. The Bertz CT molecular complexity index is 214. The van der Waals surface area contributed by atoms with Gasteiger partial charge < -0.3 is 5.32 Å². The van der Waals surface area contributed by atoms with Gasteiger partial charge in [0.1, 0.15) is 5.54 Å². The van der Waals surface area contributed by atoms with Gasteiger partial charge in [0.15, 0.2) is 0 Å². The van der Waals surface area contributed by atoms with Crippen molar-refractivity contribution >= 4 is 0 Å². The molecule has 1 N–H and O–H groups in total. The fourth-order valence-electron chi connectivity index (χ4n) is 2.89. The van der Waals surface area contributed by atoms with Crippen LogP contribution in [-0.2, 0) is 0 Å². The maximum absolute atomic E-state index is 13.3. The highest BCUT2D eigenvalue weighted by atomic mass is 19.4. The van der Waals surface area contributed by atoms with E-state index in [0.717, 1.165) is 25.7 Å². The molecule has 0 aromatic rings. The lowest BCUT2D eigenvalue weighted by Gasteiger charge is -2.36. The molecule has 1 nitrogen and oxygen atoms in total. The SMILES string of the molecule is CNC1(C(F)(F)F)CCCCCCCCCCC1. The third-order valence-corrected chi connectivity index (χ3v) is 4.23. The van der Waals surface area contributed by atoms with Gasteiger partial charge >= 0.3 is 6.18 Å². The van der Waals surface area contributed by atoms with Gasteiger partial charge in [-0.2, -0.15) is 13.2 Å². The molecule has 0 aromatic heterocycles. The second-order valence-electron chi connectivity index (χ2n) is 5.51. The lowest BCUT2D eigenvalue weighted by molar-refractivity contribution is -0.200. The van der Waals surface area contributed by atoms with E-state index in [1.165, 1.54) is 26.3 Å². The van der Waals surface area contributed by atoms with Crippen LogP contribution in [-0.4, -0.2) is 18.8 Å². The molecule has 0 bridgehead atoms. The maximum atomic E-state index is 13.3. The van der Waals surface area contributed by atoms with Crippen molar-refractivity contribution in [3.8, 4) is 0 Å². The van der Waals surface area contributed by atoms with Crippen molar-refractivity contribution < 1.29 is 13.2 Å². The van der Waals surface area contributed by atoms with Crippen LogP contribution in [0.1, 0.15) is 70.6 Å². The van der Waals surface area contributed by atoms with Crippen molar-refractivity contribution in [1.82, 2.24) is 5.32 Å². The van der Waals surface area contributed by atoms with Crippen LogP contribution < -0.4 is 5.32 Å². The predicted octanol–water partition coefficient (Wildman–Crippen LogP) is 4.81. The lowest BCUT2D eigenvalue weighted by atomic mass is 9.85. The van der Waals surface area contributed by atoms with Crippen molar-refractivity contribution in [2.24, 2.45) is 0 Å². The molecule has 0 spiro atoms. The Morgan fingerprint density at radius 1 is 0.722 bits per heavy atom. The minimum absolute atomic E-state index is 0.229. The molecule has 0 saturated heterocycles. The van der Waals surface area contributed by atoms with E-state index in [0.29, 0.717) is 12.8 Å². The van der Waals surface area contributed by atoms with Crippen LogP contribution in [0, 0.1) is 0 Å². The molecule has 0 radical (unpaired) electrons. The molecule has 0 atom stereocenters. The Morgan fingerprint density at radius 2 is 1.06 bits per heavy atom. The smallest absolute Gasteiger partial charge is 0.307 e. The highest BCUT2D eigenvalue weighted by Gasteiger charge is 2.52. The van der Waals surface area contributed by atoms with Crippen molar-refractivity contribution in [1.29, 1.82) is 0 Å². The first-order valence-electron chi connectivity index (χ1n) is 7.27. The fraction of sp³-hybridized carbons (Fsp3) is 1.00. The van der Waals surface area contributed by atoms with Crippen LogP contribution in [0.25, 0.3) is 0 Å². The third-order valence-electron chi connectivity index (χ3n) is 4.23. The average Bonchev–Trinajstić information content (AvgIpc) is 2.28. The van der Waals surface area contributed by atoms with Crippen molar-refractivity contribution in [2.45, 2.75) is 82.3 Å². The number of alkyl halides is 3. The molecule has 0 unspecified atom stereocenters. The molecule has 108 valence electrons. The van der Waals surface area contributed by atoms with E-state index in [2.05, 4.69) is 5.32 Å². The minimum atomic E-state index is -4.13. The van der Waals surface area contributed by atoms with Crippen molar-refractivity contribution in [3.63, 3.8) is 0 Å². The van der Waals surface area contributed by atoms with Crippen LogP contribution in [0.5, 0.6) is 0 Å². The summed E-state index contributed by atoms with van der Waals surface area (Å²) in [6.07, 6.45) is 5.31. The Balaban J connectivity index is 2.64. The summed E-state index contributed by atoms with van der Waals surface area (Å²) >= 11 is 0. The van der Waals surface area contributed by atoms with Gasteiger partial charge in [0.2, 0.25) is 0 Å². The van der Waals surface area contributed by atoms with Gasteiger partial charge in [0.05, 0.1) is 0 Å². The fourth-order valence-corrected chi connectivity index (χ4v) is 2.89. The van der Waals surface area contributed by atoms with Crippen molar-refractivity contribution in [2.75, 3.05) is 7.05 Å². The Kier molecular flexibility index (Phi) is 6.47. The van der Waals surface area contributed by atoms with Crippen LogP contribution in [0.15, 0.2) is 0 Å². The summed E-state index contributed by atoms with van der Waals surface area (Å²) in [6, 6.07) is 0. The minimum Gasteiger partial charge on any atom is -0.307 e. The molecule has 4 heteroatoms. The zero-order valence-electron chi connectivity index (χ0n) is 11.4. The normalized spacial score (nSPS) is 24.0. The molecule has 1 fully saturated rings. The average molecular weight is 265 g/mol. The molecule has 0 heterocycles. The van der Waals surface area contributed by atoms with E-state index in [1.54, 1.807) is 0 Å². The van der Waals surface area contributed by atoms with E-state index >= 15 is 0 Å². The highest BCUT2D eigenvalue weighted by Crippen LogP contribution is 2.38. The Hall–Kier alpha value is -0.250. The van der Waals surface area contributed by atoms with Gasteiger partial charge in [-0.3, -0.25) is 0 Å². The summed E-state index contributed by atoms with van der Waals surface area (Å²) in [5.41, 5.74) is -1.65. The molecular formula is C14H26F3N. The molecule has 1 aliphatic rings. The molecule has 1 rings (SSSR count). The molecule has 0 aromatic carbocycles. The van der Waals surface area contributed by atoms with Gasteiger partial charge in [-0.05, 0) is 19.9 Å². The maximum Gasteiger partial charge on any atom is 0.406 e. The third kappa shape index (κ3) is 4.45. The summed E-state index contributed by atoms with van der Waals surface area (Å²) < 4.78 is 39.8. The van der Waals surface area contributed by atoms with Crippen LogP contribution in [0.3, 0.4) is 0 Å². The molecule has 0 amide bonds. The van der Waals surface area contributed by atoms with Gasteiger partial charge in [0.25, 0.3) is 0 Å². The largest absolute Gasteiger partial charge is 0.406 e. The molecule has 0 aliphatic heterocycles. The van der Waals surface area contributed by atoms with Gasteiger partial charge in [-0.1, -0.05) is 57.8 Å². The lowest BCUT2D eigenvalue weighted by Crippen LogP contribution is -2.55. The molecular weight excluding hydrogens is 239 g/mol. The number of hydrogen-bond donors (Lipinski definition) is 1. The van der Waals surface area contributed by atoms with Gasteiger partial charge in [-0.25, -0.2) is 0 Å². The highest BCUT2D eigenvalue weighted by molar-refractivity contribution is 4.94. The van der Waals surface area contributed by atoms with Gasteiger partial charge in [0, 0.05) is 0 Å². The monoisotopic (exact) mass is 265 g/mol. The Labute approximate surface area is 109 Å². The summed E-state index contributed by atoms with van der Waals surface area (Å²) in [5.74, 6) is 0. The molecule has 18 heavy (non-hydrogen) atoms. The predicted molar refractivity (Wildman–Crippen MR) is 68.6 cm³/mol. The quantitative estimate of drug-likeness (QED) is 0.717. The van der Waals surface area contributed by atoms with E-state index in [9.17, 15) is 13.2 Å². The number of rotatable bonds is 1. The zero-order valence-corrected chi connectivity index (χ0v) is 11.4. The van der Waals surface area contributed by atoms with E-state index in [4.69, 9.17) is 0 Å². The topological polar surface area (TPSA) is 12.0 Å². The van der Waals surface area contributed by atoms with Crippen molar-refractivity contribution in [3.05, 3.63) is 0 Å². The number of hydrogen-bond acceptors (Lipinski definition) is 1. The number of halogens is 3. The molecule has 1 aliphatic carbocycles. The van der Waals surface area contributed by atoms with Gasteiger partial charge in [-0.15, -0.1) is 0 Å². The summed E-state index contributed by atoms with van der Waals surface area (Å²) in [7, 11) is 1.46. The summed E-state index contributed by atoms with van der Waals surface area (Å²) in [5, 5.41) is 2.58.